The molecule has 0 radical (unpaired) electrons. The topological polar surface area (TPSA) is 44.1 Å². The van der Waals surface area contributed by atoms with Crippen molar-refractivity contribution in [3.05, 3.63) is 41.8 Å². The van der Waals surface area contributed by atoms with Gasteiger partial charge in [-0.3, -0.25) is 0 Å². The van der Waals surface area contributed by atoms with Gasteiger partial charge >= 0.3 is 0 Å². The summed E-state index contributed by atoms with van der Waals surface area (Å²) in [4.78, 5) is 0. The molecule has 0 aliphatic heterocycles. The molecule has 0 fully saturated rings. The van der Waals surface area contributed by atoms with Crippen LogP contribution < -0.4 is 5.73 Å². The number of anilines is 1. The third-order valence-corrected chi connectivity index (χ3v) is 3.61. The summed E-state index contributed by atoms with van der Waals surface area (Å²) in [5.74, 6) is 1.33. The number of hydrogen-bond acceptors (Lipinski definition) is 2. The van der Waals surface area contributed by atoms with E-state index in [1.165, 1.54) is 22.2 Å². The summed E-state index contributed by atoms with van der Waals surface area (Å²) >= 11 is 0. The summed E-state index contributed by atoms with van der Waals surface area (Å²) in [5, 5.41) is 1.24. The van der Waals surface area contributed by atoms with Crippen molar-refractivity contribution in [3.63, 3.8) is 0 Å². The standard InChI is InChI=1S/C15H16N2O/c1-9-15(12-8-14(16)18-10(12)2)11-6-4-5-7-13(11)17(9)3/h4-8H,16H2,1-3H3. The van der Waals surface area contributed by atoms with Crippen molar-refractivity contribution >= 4 is 16.8 Å². The maximum Gasteiger partial charge on any atom is 0.191 e. The van der Waals surface area contributed by atoms with Gasteiger partial charge in [0.2, 0.25) is 0 Å². The first-order valence-electron chi connectivity index (χ1n) is 6.00. The smallest absolute Gasteiger partial charge is 0.191 e. The molecule has 0 bridgehead atoms. The minimum absolute atomic E-state index is 0.467. The van der Waals surface area contributed by atoms with Gasteiger partial charge in [0.1, 0.15) is 5.76 Å². The van der Waals surface area contributed by atoms with Crippen LogP contribution in [-0.2, 0) is 7.05 Å². The number of benzene rings is 1. The summed E-state index contributed by atoms with van der Waals surface area (Å²) < 4.78 is 7.65. The Labute approximate surface area is 106 Å². The lowest BCUT2D eigenvalue weighted by atomic mass is 10.0. The summed E-state index contributed by atoms with van der Waals surface area (Å²) in [7, 11) is 2.08. The van der Waals surface area contributed by atoms with E-state index in [1.54, 1.807) is 0 Å². The van der Waals surface area contributed by atoms with Gasteiger partial charge in [0.25, 0.3) is 0 Å². The Hall–Kier alpha value is -2.16. The minimum Gasteiger partial charge on any atom is -0.446 e. The van der Waals surface area contributed by atoms with Crippen molar-refractivity contribution in [3.8, 4) is 11.1 Å². The second-order valence-corrected chi connectivity index (χ2v) is 4.66. The molecule has 0 saturated heterocycles. The van der Waals surface area contributed by atoms with E-state index in [2.05, 4.69) is 42.8 Å². The largest absolute Gasteiger partial charge is 0.446 e. The molecule has 3 aromatic rings. The van der Waals surface area contributed by atoms with Gasteiger partial charge in [-0.15, -0.1) is 0 Å². The van der Waals surface area contributed by atoms with Gasteiger partial charge < -0.3 is 14.7 Å². The fourth-order valence-electron chi connectivity index (χ4n) is 2.61. The highest BCUT2D eigenvalue weighted by atomic mass is 16.3. The predicted octanol–water partition coefficient (Wildman–Crippen LogP) is 3.64. The molecule has 2 N–H and O–H groups in total. The highest BCUT2D eigenvalue weighted by molar-refractivity contribution is 5.98. The zero-order valence-electron chi connectivity index (χ0n) is 10.8. The van der Waals surface area contributed by atoms with Gasteiger partial charge in [-0.2, -0.15) is 0 Å². The normalized spacial score (nSPS) is 11.3. The number of nitrogen functional groups attached to an aromatic ring is 1. The first-order chi connectivity index (χ1) is 8.59. The van der Waals surface area contributed by atoms with Crippen LogP contribution in [0.1, 0.15) is 11.5 Å². The van der Waals surface area contributed by atoms with E-state index in [9.17, 15) is 0 Å². The molecule has 0 unspecified atom stereocenters. The molecular weight excluding hydrogens is 224 g/mol. The second kappa shape index (κ2) is 3.67. The van der Waals surface area contributed by atoms with Crippen molar-refractivity contribution < 1.29 is 4.42 Å². The first kappa shape index (κ1) is 11.0. The molecule has 18 heavy (non-hydrogen) atoms. The number of para-hydroxylation sites is 1. The van der Waals surface area contributed by atoms with E-state index in [0.29, 0.717) is 5.88 Å². The second-order valence-electron chi connectivity index (χ2n) is 4.66. The van der Waals surface area contributed by atoms with Crippen LogP contribution in [0.25, 0.3) is 22.0 Å². The molecule has 0 atom stereocenters. The van der Waals surface area contributed by atoms with E-state index >= 15 is 0 Å². The maximum absolute atomic E-state index is 5.74. The lowest BCUT2D eigenvalue weighted by molar-refractivity contribution is 0.554. The Kier molecular flexibility index (Phi) is 2.23. The Morgan fingerprint density at radius 3 is 2.56 bits per heavy atom. The number of hydrogen-bond donors (Lipinski definition) is 1. The van der Waals surface area contributed by atoms with Crippen molar-refractivity contribution in [1.29, 1.82) is 0 Å². The van der Waals surface area contributed by atoms with Crippen molar-refractivity contribution in [1.82, 2.24) is 4.57 Å². The number of nitrogens with two attached hydrogens (primary N) is 1. The van der Waals surface area contributed by atoms with Gasteiger partial charge in [-0.25, -0.2) is 0 Å². The summed E-state index contributed by atoms with van der Waals surface area (Å²) in [6.07, 6.45) is 0. The Bertz CT molecular complexity index is 734. The number of fused-ring (bicyclic) bond motifs is 1. The number of rotatable bonds is 1. The molecule has 0 spiro atoms. The first-order valence-corrected chi connectivity index (χ1v) is 6.00. The van der Waals surface area contributed by atoms with Crippen LogP contribution in [0.5, 0.6) is 0 Å². The average Bonchev–Trinajstić information content (AvgIpc) is 2.79. The van der Waals surface area contributed by atoms with Crippen LogP contribution in [0.4, 0.5) is 5.88 Å². The van der Waals surface area contributed by atoms with Crippen LogP contribution in [-0.4, -0.2) is 4.57 Å². The molecule has 3 nitrogen and oxygen atoms in total. The third kappa shape index (κ3) is 1.37. The maximum atomic E-state index is 5.74. The number of nitrogens with zero attached hydrogens (tertiary/aromatic N) is 1. The van der Waals surface area contributed by atoms with Gasteiger partial charge in [-0.05, 0) is 19.9 Å². The van der Waals surface area contributed by atoms with Crippen LogP contribution in [0, 0.1) is 13.8 Å². The molecule has 0 amide bonds. The lowest BCUT2D eigenvalue weighted by Gasteiger charge is -2.00. The van der Waals surface area contributed by atoms with E-state index in [0.717, 1.165) is 11.3 Å². The van der Waals surface area contributed by atoms with Crippen molar-refractivity contribution in [2.75, 3.05) is 5.73 Å². The monoisotopic (exact) mass is 240 g/mol. The fourth-order valence-corrected chi connectivity index (χ4v) is 2.61. The highest BCUT2D eigenvalue weighted by Gasteiger charge is 2.17. The van der Waals surface area contributed by atoms with Crippen LogP contribution in [0.3, 0.4) is 0 Å². The van der Waals surface area contributed by atoms with Crippen molar-refractivity contribution in [2.45, 2.75) is 13.8 Å². The minimum atomic E-state index is 0.467. The zero-order chi connectivity index (χ0) is 12.9. The van der Waals surface area contributed by atoms with Crippen LogP contribution in [0.2, 0.25) is 0 Å². The van der Waals surface area contributed by atoms with Crippen LogP contribution >= 0.6 is 0 Å². The SMILES string of the molecule is Cc1oc(N)cc1-c1c(C)n(C)c2ccccc12. The average molecular weight is 240 g/mol. The number of aryl methyl sites for hydroxylation is 2. The molecule has 3 heteroatoms. The van der Waals surface area contributed by atoms with E-state index in [-0.39, 0.29) is 0 Å². The van der Waals surface area contributed by atoms with E-state index in [1.807, 2.05) is 13.0 Å². The quantitative estimate of drug-likeness (QED) is 0.705. The molecule has 2 aromatic heterocycles. The van der Waals surface area contributed by atoms with Gasteiger partial charge in [-0.1, -0.05) is 18.2 Å². The molecule has 2 heterocycles. The summed E-state index contributed by atoms with van der Waals surface area (Å²) in [6, 6.07) is 10.3. The molecular formula is C15H16N2O. The predicted molar refractivity (Wildman–Crippen MR) is 74.5 cm³/mol. The van der Waals surface area contributed by atoms with Gasteiger partial charge in [0, 0.05) is 40.8 Å². The highest BCUT2D eigenvalue weighted by Crippen LogP contribution is 2.37. The molecule has 3 rings (SSSR count). The van der Waals surface area contributed by atoms with Crippen LogP contribution in [0.15, 0.2) is 34.7 Å². The Morgan fingerprint density at radius 1 is 1.17 bits per heavy atom. The Morgan fingerprint density at radius 2 is 1.89 bits per heavy atom. The van der Waals surface area contributed by atoms with E-state index in [4.69, 9.17) is 10.2 Å². The zero-order valence-corrected chi connectivity index (χ0v) is 10.8. The van der Waals surface area contributed by atoms with Crippen molar-refractivity contribution in [2.24, 2.45) is 7.05 Å². The lowest BCUT2D eigenvalue weighted by Crippen LogP contribution is -1.90. The molecule has 0 aliphatic rings. The number of aromatic nitrogens is 1. The fraction of sp³-hybridized carbons (Fsp3) is 0.200. The Balaban J connectivity index is 2.42. The van der Waals surface area contributed by atoms with Gasteiger partial charge in [0.05, 0.1) is 0 Å². The van der Waals surface area contributed by atoms with E-state index < -0.39 is 0 Å². The summed E-state index contributed by atoms with van der Waals surface area (Å²) in [5.41, 5.74) is 10.5. The van der Waals surface area contributed by atoms with Gasteiger partial charge in [0.15, 0.2) is 5.88 Å². The third-order valence-electron chi connectivity index (χ3n) is 3.61. The summed E-state index contributed by atoms with van der Waals surface area (Å²) in [6.45, 7) is 4.07. The molecule has 0 saturated carbocycles. The molecule has 92 valence electrons. The number of furan rings is 1. The molecule has 0 aliphatic carbocycles. The molecule has 1 aromatic carbocycles.